The summed E-state index contributed by atoms with van der Waals surface area (Å²) in [6.07, 6.45) is 2.08. The molecule has 2 aromatic rings. The second-order valence-corrected chi connectivity index (χ2v) is 11.7. The first kappa shape index (κ1) is 18.5. The number of thiophene rings is 1. The van der Waals surface area contributed by atoms with Crippen molar-refractivity contribution in [3.05, 3.63) is 20.8 Å². The average molecular weight is 415 g/mol. The molecule has 4 rings (SSSR count). The van der Waals surface area contributed by atoms with Gasteiger partial charge in [-0.2, -0.15) is 0 Å². The summed E-state index contributed by atoms with van der Waals surface area (Å²) in [5.74, 6) is 0.334. The predicted octanol–water partition coefficient (Wildman–Crippen LogP) is 1.85. The Bertz CT molecular complexity index is 1020. The molecule has 2 aromatic heterocycles. The number of nitrogens with zero attached hydrogens (tertiary/aromatic N) is 2. The van der Waals surface area contributed by atoms with Crippen molar-refractivity contribution in [2.45, 2.75) is 56.2 Å². The average Bonchev–Trinajstić information content (AvgIpc) is 3.03. The number of aryl methyl sites for hydroxylation is 1. The largest absolute Gasteiger partial charge is 0.391 e. The van der Waals surface area contributed by atoms with Crippen LogP contribution >= 0.6 is 23.1 Å². The number of aliphatic hydroxyl groups excluding tert-OH is 1. The highest BCUT2D eigenvalue weighted by Gasteiger charge is 2.38. The molecule has 2 aliphatic rings. The normalized spacial score (nSPS) is 27.7. The summed E-state index contributed by atoms with van der Waals surface area (Å²) >= 11 is 2.81. The summed E-state index contributed by atoms with van der Waals surface area (Å²) in [4.78, 5) is 19.8. The molecule has 1 N–H and O–H groups in total. The number of hydrogen-bond donors (Lipinski definition) is 1. The summed E-state index contributed by atoms with van der Waals surface area (Å²) in [6, 6.07) is 0. The molecule has 26 heavy (non-hydrogen) atoms. The molecule has 142 valence electrons. The van der Waals surface area contributed by atoms with Crippen LogP contribution in [0.4, 0.5) is 0 Å². The van der Waals surface area contributed by atoms with E-state index in [0.29, 0.717) is 17.6 Å². The van der Waals surface area contributed by atoms with E-state index in [1.807, 2.05) is 6.92 Å². The third-order valence-corrected chi connectivity index (χ3v) is 9.61. The van der Waals surface area contributed by atoms with E-state index in [1.165, 1.54) is 16.6 Å². The molecule has 0 aromatic carbocycles. The minimum atomic E-state index is -3.23. The van der Waals surface area contributed by atoms with Crippen molar-refractivity contribution < 1.29 is 13.5 Å². The van der Waals surface area contributed by atoms with Gasteiger partial charge < -0.3 is 5.11 Å². The van der Waals surface area contributed by atoms with E-state index in [1.54, 1.807) is 15.9 Å². The third-order valence-electron chi connectivity index (χ3n) is 5.23. The Labute approximate surface area is 160 Å². The molecule has 6 nitrogen and oxygen atoms in total. The molecule has 1 fully saturated rings. The highest BCUT2D eigenvalue weighted by Crippen LogP contribution is 2.37. The number of thioether (sulfide) groups is 1. The van der Waals surface area contributed by atoms with Crippen LogP contribution in [0.1, 0.15) is 30.7 Å². The van der Waals surface area contributed by atoms with Crippen molar-refractivity contribution in [3.8, 4) is 0 Å². The van der Waals surface area contributed by atoms with E-state index >= 15 is 0 Å². The first-order chi connectivity index (χ1) is 12.3. The van der Waals surface area contributed by atoms with E-state index in [4.69, 9.17) is 4.98 Å². The van der Waals surface area contributed by atoms with E-state index < -0.39 is 21.2 Å². The van der Waals surface area contributed by atoms with Gasteiger partial charge in [-0.25, -0.2) is 13.4 Å². The Hall–Kier alpha value is -0.900. The van der Waals surface area contributed by atoms with Crippen LogP contribution in [-0.2, 0) is 29.2 Å². The standard InChI is InChI=1S/C17H22N2O4S3/c1-3-19-16(21)14-10-5-4-9(2)6-12(10)24-15(14)18-17(19)25-13-8-26(22,23)7-11(13)20/h9,11,13,20H,3-8H2,1-2H3/t9-,11+,13+/m1/s1. The number of fused-ring (bicyclic) bond motifs is 3. The lowest BCUT2D eigenvalue weighted by atomic mass is 9.89. The van der Waals surface area contributed by atoms with Gasteiger partial charge in [0.25, 0.3) is 5.56 Å². The molecule has 3 heterocycles. The number of aliphatic hydroxyl groups is 1. The van der Waals surface area contributed by atoms with Gasteiger partial charge in [0.1, 0.15) is 4.83 Å². The zero-order chi connectivity index (χ0) is 18.6. The molecule has 9 heteroatoms. The van der Waals surface area contributed by atoms with Gasteiger partial charge in [0, 0.05) is 11.4 Å². The fraction of sp³-hybridized carbons (Fsp3) is 0.647. The molecule has 0 bridgehead atoms. The van der Waals surface area contributed by atoms with E-state index in [9.17, 15) is 18.3 Å². The lowest BCUT2D eigenvalue weighted by molar-refractivity contribution is 0.207. The van der Waals surface area contributed by atoms with Crippen molar-refractivity contribution in [2.24, 2.45) is 5.92 Å². The van der Waals surface area contributed by atoms with Crippen LogP contribution in [0.25, 0.3) is 10.2 Å². The first-order valence-corrected chi connectivity index (χ1v) is 12.4. The Morgan fingerprint density at radius 2 is 2.15 bits per heavy atom. The predicted molar refractivity (Wildman–Crippen MR) is 105 cm³/mol. The summed E-state index contributed by atoms with van der Waals surface area (Å²) in [5.41, 5.74) is 1.12. The van der Waals surface area contributed by atoms with Crippen LogP contribution in [0.5, 0.6) is 0 Å². The van der Waals surface area contributed by atoms with Crippen molar-refractivity contribution in [1.29, 1.82) is 0 Å². The van der Waals surface area contributed by atoms with Gasteiger partial charge in [0.05, 0.1) is 28.2 Å². The number of hydrogen-bond acceptors (Lipinski definition) is 7. The van der Waals surface area contributed by atoms with Crippen molar-refractivity contribution >= 4 is 43.2 Å². The van der Waals surface area contributed by atoms with Crippen molar-refractivity contribution in [3.63, 3.8) is 0 Å². The Morgan fingerprint density at radius 1 is 1.38 bits per heavy atom. The first-order valence-electron chi connectivity index (χ1n) is 8.89. The Morgan fingerprint density at radius 3 is 2.81 bits per heavy atom. The highest BCUT2D eigenvalue weighted by atomic mass is 32.2. The monoisotopic (exact) mass is 414 g/mol. The quantitative estimate of drug-likeness (QED) is 0.771. The molecule has 1 aliphatic carbocycles. The second-order valence-electron chi connectivity index (χ2n) is 7.28. The van der Waals surface area contributed by atoms with Gasteiger partial charge in [-0.3, -0.25) is 9.36 Å². The second kappa shape index (κ2) is 6.61. The van der Waals surface area contributed by atoms with Crippen molar-refractivity contribution in [1.82, 2.24) is 9.55 Å². The molecular weight excluding hydrogens is 392 g/mol. The maximum atomic E-state index is 13.1. The van der Waals surface area contributed by atoms with Gasteiger partial charge in [-0.1, -0.05) is 18.7 Å². The molecule has 0 spiro atoms. The fourth-order valence-corrected chi connectivity index (χ4v) is 8.88. The Balaban J connectivity index is 1.80. The molecule has 3 atom stereocenters. The zero-order valence-electron chi connectivity index (χ0n) is 14.8. The highest BCUT2D eigenvalue weighted by molar-refractivity contribution is 8.01. The minimum Gasteiger partial charge on any atom is -0.391 e. The van der Waals surface area contributed by atoms with E-state index in [-0.39, 0.29) is 17.1 Å². The van der Waals surface area contributed by atoms with Crippen LogP contribution in [0.2, 0.25) is 0 Å². The van der Waals surface area contributed by atoms with Gasteiger partial charge in [0.15, 0.2) is 15.0 Å². The van der Waals surface area contributed by atoms with Gasteiger partial charge in [0.2, 0.25) is 0 Å². The smallest absolute Gasteiger partial charge is 0.263 e. The third kappa shape index (κ3) is 3.12. The molecule has 1 saturated heterocycles. The van der Waals surface area contributed by atoms with Crippen LogP contribution in [0.3, 0.4) is 0 Å². The summed E-state index contributed by atoms with van der Waals surface area (Å²) in [7, 11) is -3.23. The summed E-state index contributed by atoms with van der Waals surface area (Å²) in [6.45, 7) is 4.59. The maximum absolute atomic E-state index is 13.1. The lowest BCUT2D eigenvalue weighted by Gasteiger charge is -2.18. The number of sulfone groups is 1. The topological polar surface area (TPSA) is 89.3 Å². The SMILES string of the molecule is CCn1c(S[C@H]2CS(=O)(=O)C[C@@H]2O)nc2sc3c(c2c1=O)CC[C@@H](C)C3. The van der Waals surface area contributed by atoms with Crippen LogP contribution in [0.15, 0.2) is 9.95 Å². The molecular formula is C17H22N2O4S3. The van der Waals surface area contributed by atoms with Gasteiger partial charge >= 0.3 is 0 Å². The van der Waals surface area contributed by atoms with Crippen molar-refractivity contribution in [2.75, 3.05) is 11.5 Å². The van der Waals surface area contributed by atoms with Gasteiger partial charge in [-0.05, 0) is 37.7 Å². The van der Waals surface area contributed by atoms with E-state index in [2.05, 4.69) is 6.92 Å². The maximum Gasteiger partial charge on any atom is 0.263 e. The molecule has 0 amide bonds. The lowest BCUT2D eigenvalue weighted by Crippen LogP contribution is -2.26. The van der Waals surface area contributed by atoms with Crippen LogP contribution in [-0.4, -0.2) is 45.9 Å². The van der Waals surface area contributed by atoms with Gasteiger partial charge in [-0.15, -0.1) is 11.3 Å². The minimum absolute atomic E-state index is 0.0394. The van der Waals surface area contributed by atoms with Crippen LogP contribution < -0.4 is 5.56 Å². The summed E-state index contributed by atoms with van der Waals surface area (Å²) < 4.78 is 25.2. The van der Waals surface area contributed by atoms with E-state index in [0.717, 1.165) is 35.0 Å². The molecule has 0 radical (unpaired) electrons. The number of aromatic nitrogens is 2. The molecule has 0 saturated carbocycles. The summed E-state index contributed by atoms with van der Waals surface area (Å²) in [5, 5.41) is 10.9. The van der Waals surface area contributed by atoms with Crippen LogP contribution in [0, 0.1) is 5.92 Å². The number of rotatable bonds is 3. The molecule has 0 unspecified atom stereocenters. The zero-order valence-corrected chi connectivity index (χ0v) is 17.2. The Kier molecular flexibility index (Phi) is 4.70. The fourth-order valence-electron chi connectivity index (χ4n) is 3.82. The molecule has 1 aliphatic heterocycles.